The largest absolute Gasteiger partial charge is 0.305 e. The Balaban J connectivity index is 1.91. The van der Waals surface area contributed by atoms with Gasteiger partial charge in [-0.2, -0.15) is 5.10 Å². The Morgan fingerprint density at radius 3 is 2.69 bits per heavy atom. The predicted molar refractivity (Wildman–Crippen MR) is 64.1 cm³/mol. The number of aromatic nitrogens is 3. The molecule has 16 heavy (non-hydrogen) atoms. The minimum atomic E-state index is 0.124. The van der Waals surface area contributed by atoms with Crippen molar-refractivity contribution in [3.63, 3.8) is 0 Å². The van der Waals surface area contributed by atoms with Crippen molar-refractivity contribution in [2.75, 3.05) is 0 Å². The van der Waals surface area contributed by atoms with Crippen LogP contribution in [-0.2, 0) is 6.54 Å². The van der Waals surface area contributed by atoms with Crippen LogP contribution in [0, 0.1) is 0 Å². The number of hydrogen-bond acceptors (Lipinski definition) is 3. The maximum absolute atomic E-state index is 4.54. The van der Waals surface area contributed by atoms with Gasteiger partial charge in [-0.15, -0.1) is 0 Å². The molecule has 1 N–H and O–H groups in total. The molecular weight excluding hydrogens is 200 g/mol. The van der Waals surface area contributed by atoms with E-state index in [2.05, 4.69) is 36.2 Å². The monoisotopic (exact) mass is 222 g/mol. The molecule has 1 fully saturated rings. The third-order valence-electron chi connectivity index (χ3n) is 3.03. The Labute approximate surface area is 97.5 Å². The van der Waals surface area contributed by atoms with Crippen molar-refractivity contribution >= 4 is 0 Å². The fourth-order valence-corrected chi connectivity index (χ4v) is 2.08. The van der Waals surface area contributed by atoms with Gasteiger partial charge < -0.3 is 5.32 Å². The molecular formula is C12H22N4. The van der Waals surface area contributed by atoms with Gasteiger partial charge in [0.15, 0.2) is 5.82 Å². The molecule has 0 aliphatic heterocycles. The second-order valence-electron chi connectivity index (χ2n) is 5.68. The highest BCUT2D eigenvalue weighted by molar-refractivity contribution is 4.86. The highest BCUT2D eigenvalue weighted by Gasteiger charge is 2.18. The molecule has 1 saturated carbocycles. The predicted octanol–water partition coefficient (Wildman–Crippen LogP) is 2.28. The normalized spacial score (nSPS) is 18.2. The van der Waals surface area contributed by atoms with Gasteiger partial charge in [-0.3, -0.25) is 0 Å². The average molecular weight is 222 g/mol. The van der Waals surface area contributed by atoms with Gasteiger partial charge in [0.2, 0.25) is 0 Å². The van der Waals surface area contributed by atoms with E-state index in [9.17, 15) is 0 Å². The lowest BCUT2D eigenvalue weighted by atomic mass is 10.1. The number of nitrogens with zero attached hydrogens (tertiary/aromatic N) is 3. The average Bonchev–Trinajstić information content (AvgIpc) is 2.84. The highest BCUT2D eigenvalue weighted by atomic mass is 15.3. The van der Waals surface area contributed by atoms with Crippen LogP contribution >= 0.6 is 0 Å². The third kappa shape index (κ3) is 3.04. The molecule has 0 atom stereocenters. The van der Waals surface area contributed by atoms with E-state index in [-0.39, 0.29) is 5.54 Å². The molecule has 2 rings (SSSR count). The molecule has 1 aromatic heterocycles. The Morgan fingerprint density at radius 1 is 1.38 bits per heavy atom. The Morgan fingerprint density at radius 2 is 2.06 bits per heavy atom. The first kappa shape index (κ1) is 11.6. The van der Waals surface area contributed by atoms with Crippen molar-refractivity contribution in [2.24, 2.45) is 0 Å². The van der Waals surface area contributed by atoms with E-state index in [0.717, 1.165) is 12.4 Å². The maximum Gasteiger partial charge on any atom is 0.164 e. The standard InChI is InChI=1S/C12H22N4/c1-12(2,3)14-8-11-13-9-16(15-11)10-6-4-5-7-10/h9-10,14H,4-8H2,1-3H3. The van der Waals surface area contributed by atoms with E-state index in [4.69, 9.17) is 0 Å². The summed E-state index contributed by atoms with van der Waals surface area (Å²) in [6, 6.07) is 0.593. The summed E-state index contributed by atoms with van der Waals surface area (Å²) < 4.78 is 2.05. The summed E-state index contributed by atoms with van der Waals surface area (Å²) in [4.78, 5) is 4.35. The topological polar surface area (TPSA) is 42.7 Å². The molecule has 0 aromatic carbocycles. The summed E-state index contributed by atoms with van der Waals surface area (Å²) in [6.45, 7) is 7.21. The van der Waals surface area contributed by atoms with Crippen LogP contribution < -0.4 is 5.32 Å². The van der Waals surface area contributed by atoms with Crippen molar-refractivity contribution in [2.45, 2.75) is 64.6 Å². The summed E-state index contributed by atoms with van der Waals surface area (Å²) in [5, 5.41) is 7.94. The maximum atomic E-state index is 4.54. The van der Waals surface area contributed by atoms with Crippen LogP contribution in [0.2, 0.25) is 0 Å². The first-order valence-electron chi connectivity index (χ1n) is 6.20. The summed E-state index contributed by atoms with van der Waals surface area (Å²) in [5.74, 6) is 0.904. The Kier molecular flexibility index (Phi) is 3.28. The third-order valence-corrected chi connectivity index (χ3v) is 3.03. The van der Waals surface area contributed by atoms with Crippen molar-refractivity contribution < 1.29 is 0 Å². The number of rotatable bonds is 3. The second-order valence-corrected chi connectivity index (χ2v) is 5.68. The summed E-state index contributed by atoms with van der Waals surface area (Å²) in [6.07, 6.45) is 7.07. The molecule has 0 bridgehead atoms. The van der Waals surface area contributed by atoms with Crippen LogP contribution in [0.1, 0.15) is 58.3 Å². The van der Waals surface area contributed by atoms with Crippen LogP contribution in [-0.4, -0.2) is 20.3 Å². The molecule has 0 spiro atoms. The lowest BCUT2D eigenvalue weighted by molar-refractivity contribution is 0.412. The molecule has 1 aromatic rings. The molecule has 0 saturated heterocycles. The zero-order chi connectivity index (χ0) is 11.6. The summed E-state index contributed by atoms with van der Waals surface area (Å²) in [7, 11) is 0. The fraction of sp³-hybridized carbons (Fsp3) is 0.833. The van der Waals surface area contributed by atoms with Gasteiger partial charge in [0, 0.05) is 5.54 Å². The van der Waals surface area contributed by atoms with Crippen LogP contribution in [0.3, 0.4) is 0 Å². The molecule has 90 valence electrons. The van der Waals surface area contributed by atoms with Crippen LogP contribution in [0.25, 0.3) is 0 Å². The summed E-state index contributed by atoms with van der Waals surface area (Å²) in [5.41, 5.74) is 0.124. The lowest BCUT2D eigenvalue weighted by Crippen LogP contribution is -2.35. The highest BCUT2D eigenvalue weighted by Crippen LogP contribution is 2.28. The molecule has 4 nitrogen and oxygen atoms in total. The van der Waals surface area contributed by atoms with Gasteiger partial charge in [-0.25, -0.2) is 9.67 Å². The van der Waals surface area contributed by atoms with E-state index in [1.54, 1.807) is 0 Å². The van der Waals surface area contributed by atoms with Gasteiger partial charge >= 0.3 is 0 Å². The molecule has 4 heteroatoms. The summed E-state index contributed by atoms with van der Waals surface area (Å²) >= 11 is 0. The molecule has 1 aliphatic carbocycles. The van der Waals surface area contributed by atoms with E-state index in [1.165, 1.54) is 25.7 Å². The molecule has 1 aliphatic rings. The number of hydrogen-bond donors (Lipinski definition) is 1. The first-order valence-corrected chi connectivity index (χ1v) is 6.20. The smallest absolute Gasteiger partial charge is 0.164 e. The zero-order valence-electron chi connectivity index (χ0n) is 10.5. The van der Waals surface area contributed by atoms with E-state index >= 15 is 0 Å². The first-order chi connectivity index (χ1) is 7.54. The minimum absolute atomic E-state index is 0.124. The van der Waals surface area contributed by atoms with Gasteiger partial charge in [-0.05, 0) is 33.6 Å². The minimum Gasteiger partial charge on any atom is -0.305 e. The van der Waals surface area contributed by atoms with Crippen molar-refractivity contribution in [1.29, 1.82) is 0 Å². The van der Waals surface area contributed by atoms with E-state index in [1.807, 2.05) is 11.0 Å². The van der Waals surface area contributed by atoms with Crippen molar-refractivity contribution in [3.8, 4) is 0 Å². The second kappa shape index (κ2) is 4.53. The van der Waals surface area contributed by atoms with Crippen molar-refractivity contribution in [1.82, 2.24) is 20.1 Å². The lowest BCUT2D eigenvalue weighted by Gasteiger charge is -2.19. The van der Waals surface area contributed by atoms with Crippen LogP contribution in [0.15, 0.2) is 6.33 Å². The van der Waals surface area contributed by atoms with Crippen molar-refractivity contribution in [3.05, 3.63) is 12.2 Å². The van der Waals surface area contributed by atoms with Crippen LogP contribution in [0.5, 0.6) is 0 Å². The van der Waals surface area contributed by atoms with Gasteiger partial charge in [0.05, 0.1) is 12.6 Å². The van der Waals surface area contributed by atoms with Gasteiger partial charge in [0.25, 0.3) is 0 Å². The molecule has 0 amide bonds. The SMILES string of the molecule is CC(C)(C)NCc1ncn(C2CCCC2)n1. The van der Waals surface area contributed by atoms with Gasteiger partial charge in [-0.1, -0.05) is 12.8 Å². The van der Waals surface area contributed by atoms with E-state index in [0.29, 0.717) is 6.04 Å². The molecule has 0 radical (unpaired) electrons. The van der Waals surface area contributed by atoms with E-state index < -0.39 is 0 Å². The zero-order valence-corrected chi connectivity index (χ0v) is 10.5. The Bertz CT molecular complexity index is 331. The molecule has 0 unspecified atom stereocenters. The van der Waals surface area contributed by atoms with Crippen LogP contribution in [0.4, 0.5) is 0 Å². The fourth-order valence-electron chi connectivity index (χ4n) is 2.08. The van der Waals surface area contributed by atoms with Gasteiger partial charge in [0.1, 0.15) is 6.33 Å². The quantitative estimate of drug-likeness (QED) is 0.853. The molecule has 1 heterocycles. The number of nitrogens with one attached hydrogen (secondary N) is 1. The Hall–Kier alpha value is -0.900.